The second-order valence-electron chi connectivity index (χ2n) is 6.85. The summed E-state index contributed by atoms with van der Waals surface area (Å²) in [5.74, 6) is 1.00. The summed E-state index contributed by atoms with van der Waals surface area (Å²) in [5.41, 5.74) is 1.17. The summed E-state index contributed by atoms with van der Waals surface area (Å²) < 4.78 is 43.9. The largest absolute Gasteiger partial charge is 0.495 e. The van der Waals surface area contributed by atoms with E-state index >= 15 is 0 Å². The lowest BCUT2D eigenvalue weighted by molar-refractivity contribution is 0.0950. The van der Waals surface area contributed by atoms with Crippen LogP contribution in [0.25, 0.3) is 0 Å². The second kappa shape index (κ2) is 10.5. The van der Waals surface area contributed by atoms with Gasteiger partial charge < -0.3 is 19.5 Å². The summed E-state index contributed by atoms with van der Waals surface area (Å²) in [5, 5.41) is 3.11. The van der Waals surface area contributed by atoms with Crippen molar-refractivity contribution in [3.63, 3.8) is 0 Å². The van der Waals surface area contributed by atoms with Crippen LogP contribution in [0.1, 0.15) is 15.9 Å². The lowest BCUT2D eigenvalue weighted by Gasteiger charge is -2.13. The van der Waals surface area contributed by atoms with Crippen molar-refractivity contribution in [2.45, 2.75) is 11.4 Å². The number of benzene rings is 3. The number of amides is 1. The molecular weight excluding hydrogens is 468 g/mol. The minimum Gasteiger partial charge on any atom is -0.495 e. The minimum atomic E-state index is -4.00. The summed E-state index contributed by atoms with van der Waals surface area (Å²) >= 11 is 5.98. The Kier molecular flexibility index (Phi) is 7.67. The Morgan fingerprint density at radius 3 is 2.27 bits per heavy atom. The molecule has 8 nitrogen and oxygen atoms in total. The predicted molar refractivity (Wildman–Crippen MR) is 126 cm³/mol. The quantitative estimate of drug-likeness (QED) is 0.468. The molecule has 0 saturated carbocycles. The SMILES string of the molecule is COc1ccc(Cl)cc1NS(=O)(=O)c1cccc(C(=O)NCc2ccc(OC)c(OC)c2)c1. The first-order chi connectivity index (χ1) is 15.8. The summed E-state index contributed by atoms with van der Waals surface area (Å²) in [7, 11) is 0.486. The van der Waals surface area contributed by atoms with E-state index in [2.05, 4.69) is 10.0 Å². The normalized spacial score (nSPS) is 10.9. The molecule has 0 aliphatic heterocycles. The second-order valence-corrected chi connectivity index (χ2v) is 8.97. The van der Waals surface area contributed by atoms with E-state index in [1.165, 1.54) is 51.7 Å². The third-order valence-corrected chi connectivity index (χ3v) is 6.31. The van der Waals surface area contributed by atoms with Crippen LogP contribution in [0.4, 0.5) is 5.69 Å². The lowest BCUT2D eigenvalue weighted by atomic mass is 10.1. The van der Waals surface area contributed by atoms with Gasteiger partial charge in [0.05, 0.1) is 31.9 Å². The highest BCUT2D eigenvalue weighted by molar-refractivity contribution is 7.92. The number of hydrogen-bond donors (Lipinski definition) is 2. The number of sulfonamides is 1. The number of anilines is 1. The third-order valence-electron chi connectivity index (χ3n) is 4.71. The molecular formula is C23H23ClN2O6S. The molecule has 0 spiro atoms. The van der Waals surface area contributed by atoms with E-state index in [0.29, 0.717) is 22.3 Å². The van der Waals surface area contributed by atoms with Crippen LogP contribution in [-0.2, 0) is 16.6 Å². The van der Waals surface area contributed by atoms with Crippen LogP contribution in [0.5, 0.6) is 17.2 Å². The first-order valence-corrected chi connectivity index (χ1v) is 11.6. The molecule has 0 aliphatic rings. The Morgan fingerprint density at radius 1 is 0.879 bits per heavy atom. The van der Waals surface area contributed by atoms with Crippen molar-refractivity contribution in [3.8, 4) is 17.2 Å². The summed E-state index contributed by atoms with van der Waals surface area (Å²) in [6, 6.07) is 15.6. The van der Waals surface area contributed by atoms with E-state index in [1.807, 2.05) is 0 Å². The van der Waals surface area contributed by atoms with Gasteiger partial charge in [0, 0.05) is 17.1 Å². The van der Waals surface area contributed by atoms with E-state index in [-0.39, 0.29) is 22.7 Å². The molecule has 3 rings (SSSR count). The van der Waals surface area contributed by atoms with Crippen LogP contribution >= 0.6 is 11.6 Å². The fourth-order valence-electron chi connectivity index (χ4n) is 3.04. The van der Waals surface area contributed by atoms with Crippen molar-refractivity contribution in [2.24, 2.45) is 0 Å². The molecule has 0 heterocycles. The Bertz CT molecular complexity index is 1260. The number of methoxy groups -OCH3 is 3. The number of halogens is 1. The monoisotopic (exact) mass is 490 g/mol. The zero-order chi connectivity index (χ0) is 24.0. The molecule has 0 unspecified atom stereocenters. The van der Waals surface area contributed by atoms with E-state index in [1.54, 1.807) is 30.3 Å². The number of carbonyl (C=O) groups is 1. The standard InChI is InChI=1S/C23H23ClN2O6S/c1-30-20-10-8-17(24)13-19(20)26-33(28,29)18-6-4-5-16(12-18)23(27)25-14-15-7-9-21(31-2)22(11-15)32-3/h4-13,26H,14H2,1-3H3,(H,25,27). The van der Waals surface area contributed by atoms with Gasteiger partial charge in [-0.3, -0.25) is 9.52 Å². The van der Waals surface area contributed by atoms with Crippen LogP contribution in [0.15, 0.2) is 65.6 Å². The molecule has 0 bridgehead atoms. The van der Waals surface area contributed by atoms with Gasteiger partial charge in [-0.1, -0.05) is 23.7 Å². The van der Waals surface area contributed by atoms with Gasteiger partial charge in [-0.05, 0) is 54.1 Å². The lowest BCUT2D eigenvalue weighted by Crippen LogP contribution is -2.23. The zero-order valence-corrected chi connectivity index (χ0v) is 19.8. The van der Waals surface area contributed by atoms with Gasteiger partial charge >= 0.3 is 0 Å². The average molecular weight is 491 g/mol. The molecule has 3 aromatic rings. The van der Waals surface area contributed by atoms with Gasteiger partial charge in [0.2, 0.25) is 0 Å². The van der Waals surface area contributed by atoms with Gasteiger partial charge in [0.1, 0.15) is 5.75 Å². The molecule has 0 aromatic heterocycles. The molecule has 0 aliphatic carbocycles. The number of ether oxygens (including phenoxy) is 3. The third kappa shape index (κ3) is 5.88. The van der Waals surface area contributed by atoms with Crippen molar-refractivity contribution in [1.82, 2.24) is 5.32 Å². The Labute approximate surface area is 197 Å². The van der Waals surface area contributed by atoms with Crippen molar-refractivity contribution in [3.05, 3.63) is 76.8 Å². The molecule has 3 aromatic carbocycles. The topological polar surface area (TPSA) is 103 Å². The van der Waals surface area contributed by atoms with Crippen molar-refractivity contribution >= 4 is 33.2 Å². The van der Waals surface area contributed by atoms with Crippen LogP contribution < -0.4 is 24.2 Å². The Hall–Kier alpha value is -3.43. The molecule has 0 atom stereocenters. The summed E-state index contributed by atoms with van der Waals surface area (Å²) in [4.78, 5) is 12.6. The van der Waals surface area contributed by atoms with Crippen LogP contribution in [0.3, 0.4) is 0 Å². The molecule has 1 amide bonds. The smallest absolute Gasteiger partial charge is 0.262 e. The van der Waals surface area contributed by atoms with Crippen LogP contribution in [0, 0.1) is 0 Å². The van der Waals surface area contributed by atoms with Gasteiger partial charge in [0.15, 0.2) is 11.5 Å². The predicted octanol–water partition coefficient (Wildman–Crippen LogP) is 4.10. The van der Waals surface area contributed by atoms with E-state index in [4.69, 9.17) is 25.8 Å². The first-order valence-electron chi connectivity index (χ1n) is 9.73. The summed E-state index contributed by atoms with van der Waals surface area (Å²) in [6.45, 7) is 0.216. The molecule has 174 valence electrons. The first kappa shape index (κ1) is 24.2. The molecule has 2 N–H and O–H groups in total. The Morgan fingerprint density at radius 2 is 1.58 bits per heavy atom. The van der Waals surface area contributed by atoms with Crippen LogP contribution in [0.2, 0.25) is 5.02 Å². The minimum absolute atomic E-state index is 0.0803. The zero-order valence-electron chi connectivity index (χ0n) is 18.2. The molecule has 0 fully saturated rings. The molecule has 0 saturated heterocycles. The average Bonchev–Trinajstić information content (AvgIpc) is 2.82. The number of nitrogens with one attached hydrogen (secondary N) is 2. The van der Waals surface area contributed by atoms with E-state index in [0.717, 1.165) is 5.56 Å². The van der Waals surface area contributed by atoms with Crippen LogP contribution in [-0.4, -0.2) is 35.7 Å². The van der Waals surface area contributed by atoms with Gasteiger partial charge in [-0.2, -0.15) is 0 Å². The highest BCUT2D eigenvalue weighted by Crippen LogP contribution is 2.30. The summed E-state index contributed by atoms with van der Waals surface area (Å²) in [6.07, 6.45) is 0. The van der Waals surface area contributed by atoms with Gasteiger partial charge in [-0.25, -0.2) is 8.42 Å². The molecule has 33 heavy (non-hydrogen) atoms. The maximum atomic E-state index is 12.9. The number of rotatable bonds is 9. The fourth-order valence-corrected chi connectivity index (χ4v) is 4.32. The van der Waals surface area contributed by atoms with Crippen molar-refractivity contribution in [2.75, 3.05) is 26.1 Å². The van der Waals surface area contributed by atoms with Gasteiger partial charge in [0.25, 0.3) is 15.9 Å². The van der Waals surface area contributed by atoms with Crippen molar-refractivity contribution < 1.29 is 27.4 Å². The number of hydrogen-bond acceptors (Lipinski definition) is 6. The Balaban J connectivity index is 1.76. The highest BCUT2D eigenvalue weighted by Gasteiger charge is 2.19. The van der Waals surface area contributed by atoms with E-state index < -0.39 is 15.9 Å². The van der Waals surface area contributed by atoms with Gasteiger partial charge in [-0.15, -0.1) is 0 Å². The van der Waals surface area contributed by atoms with E-state index in [9.17, 15) is 13.2 Å². The molecule has 10 heteroatoms. The van der Waals surface area contributed by atoms with Crippen molar-refractivity contribution in [1.29, 1.82) is 0 Å². The molecule has 0 radical (unpaired) electrons. The maximum absolute atomic E-state index is 12.9. The maximum Gasteiger partial charge on any atom is 0.262 e. The highest BCUT2D eigenvalue weighted by atomic mass is 35.5. The fraction of sp³-hybridized carbons (Fsp3) is 0.174. The number of carbonyl (C=O) groups excluding carboxylic acids is 1.